The number of benzene rings is 3. The van der Waals surface area contributed by atoms with Crippen LogP contribution >= 0.6 is 0 Å². The van der Waals surface area contributed by atoms with Gasteiger partial charge in [0.2, 0.25) is 0 Å². The van der Waals surface area contributed by atoms with Crippen LogP contribution in [0, 0.1) is 5.41 Å². The maximum Gasteiger partial charge on any atom is 0.268 e. The van der Waals surface area contributed by atoms with E-state index in [2.05, 4.69) is 52.3 Å². The van der Waals surface area contributed by atoms with Gasteiger partial charge in [-0.2, -0.15) is 0 Å². The van der Waals surface area contributed by atoms with Crippen molar-refractivity contribution in [2.24, 2.45) is 11.5 Å². The summed E-state index contributed by atoms with van der Waals surface area (Å²) < 4.78 is 2.08. The fourth-order valence-electron chi connectivity index (χ4n) is 5.12. The van der Waals surface area contributed by atoms with Gasteiger partial charge in [0.05, 0.1) is 0 Å². The monoisotopic (exact) mass is 453 g/mol. The van der Waals surface area contributed by atoms with E-state index in [9.17, 15) is 4.79 Å². The van der Waals surface area contributed by atoms with Crippen molar-refractivity contribution >= 4 is 33.4 Å². The van der Waals surface area contributed by atoms with Gasteiger partial charge in [0, 0.05) is 35.1 Å². The van der Waals surface area contributed by atoms with E-state index in [-0.39, 0.29) is 23.8 Å². The van der Waals surface area contributed by atoms with Crippen molar-refractivity contribution in [2.45, 2.75) is 50.7 Å². The predicted molar refractivity (Wildman–Crippen MR) is 138 cm³/mol. The van der Waals surface area contributed by atoms with Gasteiger partial charge < -0.3 is 21.4 Å². The Morgan fingerprint density at radius 2 is 1.74 bits per heavy atom. The summed E-state index contributed by atoms with van der Waals surface area (Å²) in [6.07, 6.45) is 4.50. The lowest BCUT2D eigenvalue weighted by molar-refractivity contribution is 0.0917. The number of nitrogens with one attached hydrogen (secondary N) is 2. The summed E-state index contributed by atoms with van der Waals surface area (Å²) in [5, 5.41) is 14.5. The molecule has 1 aliphatic rings. The molecule has 0 unspecified atom stereocenters. The SMILES string of the molecule is N=C(N)c1ccc2cc(C(=O)N[C@H]3CC[C@H](N)CC3)n(CCc3cccc4ccccc34)c2c1. The highest BCUT2D eigenvalue weighted by atomic mass is 16.2. The number of hydrogen-bond acceptors (Lipinski definition) is 3. The largest absolute Gasteiger partial charge is 0.384 e. The van der Waals surface area contributed by atoms with Crippen molar-refractivity contribution in [2.75, 3.05) is 0 Å². The van der Waals surface area contributed by atoms with Gasteiger partial charge >= 0.3 is 0 Å². The molecule has 0 aliphatic heterocycles. The predicted octanol–water partition coefficient (Wildman–Crippen LogP) is 4.32. The number of aryl methyl sites for hydroxylation is 2. The Balaban J connectivity index is 1.49. The first-order valence-electron chi connectivity index (χ1n) is 12.0. The standard InChI is InChI=1S/C28H31N5O/c29-22-10-12-23(13-11-22)32-28(34)26-16-20-8-9-21(27(30)31)17-25(20)33(26)15-14-19-6-3-5-18-4-1-2-7-24(18)19/h1-9,16-17,22-23H,10-15,29H2,(H3,30,31)(H,32,34)/t22-,23-. The maximum atomic E-state index is 13.4. The van der Waals surface area contributed by atoms with Crippen LogP contribution in [-0.2, 0) is 13.0 Å². The lowest BCUT2D eigenvalue weighted by Crippen LogP contribution is -2.41. The summed E-state index contributed by atoms with van der Waals surface area (Å²) in [6, 6.07) is 22.8. The van der Waals surface area contributed by atoms with Crippen LogP contribution in [0.15, 0.2) is 66.7 Å². The third kappa shape index (κ3) is 4.41. The molecular formula is C28H31N5O. The van der Waals surface area contributed by atoms with E-state index in [1.165, 1.54) is 16.3 Å². The van der Waals surface area contributed by atoms with Gasteiger partial charge in [-0.25, -0.2) is 0 Å². The van der Waals surface area contributed by atoms with Gasteiger partial charge in [-0.05, 0) is 60.6 Å². The highest BCUT2D eigenvalue weighted by molar-refractivity contribution is 6.02. The van der Waals surface area contributed by atoms with Gasteiger partial charge in [0.15, 0.2) is 0 Å². The quantitative estimate of drug-likeness (QED) is 0.258. The fraction of sp³-hybridized carbons (Fsp3) is 0.286. The van der Waals surface area contributed by atoms with Gasteiger partial charge in [-0.3, -0.25) is 10.2 Å². The molecule has 6 nitrogen and oxygen atoms in total. The molecule has 1 aliphatic carbocycles. The van der Waals surface area contributed by atoms with E-state index in [1.807, 2.05) is 24.3 Å². The number of carbonyl (C=O) groups is 1. The van der Waals surface area contributed by atoms with Crippen molar-refractivity contribution in [1.29, 1.82) is 5.41 Å². The van der Waals surface area contributed by atoms with Crippen LogP contribution in [0.5, 0.6) is 0 Å². The molecule has 1 amide bonds. The number of hydrogen-bond donors (Lipinski definition) is 4. The molecule has 0 spiro atoms. The Morgan fingerprint density at radius 1 is 0.971 bits per heavy atom. The van der Waals surface area contributed by atoms with Crippen molar-refractivity contribution in [3.63, 3.8) is 0 Å². The summed E-state index contributed by atoms with van der Waals surface area (Å²) >= 11 is 0. The van der Waals surface area contributed by atoms with Crippen LogP contribution in [0.3, 0.4) is 0 Å². The van der Waals surface area contributed by atoms with E-state index in [1.54, 1.807) is 0 Å². The Kier molecular flexibility index (Phi) is 6.07. The first-order valence-corrected chi connectivity index (χ1v) is 12.0. The van der Waals surface area contributed by atoms with E-state index in [4.69, 9.17) is 16.9 Å². The summed E-state index contributed by atoms with van der Waals surface area (Å²) in [4.78, 5) is 13.4. The number of amidine groups is 1. The van der Waals surface area contributed by atoms with E-state index < -0.39 is 0 Å². The number of carbonyl (C=O) groups excluding carboxylic acids is 1. The molecule has 1 heterocycles. The lowest BCUT2D eigenvalue weighted by Gasteiger charge is -2.27. The van der Waals surface area contributed by atoms with Gasteiger partial charge in [0.1, 0.15) is 11.5 Å². The van der Waals surface area contributed by atoms with Crippen LogP contribution in [-0.4, -0.2) is 28.4 Å². The second-order valence-electron chi connectivity index (χ2n) is 9.34. The number of fused-ring (bicyclic) bond motifs is 2. The highest BCUT2D eigenvalue weighted by Gasteiger charge is 2.23. The molecule has 6 heteroatoms. The normalized spacial score (nSPS) is 18.3. The average Bonchev–Trinajstić information content (AvgIpc) is 3.22. The van der Waals surface area contributed by atoms with Crippen LogP contribution in [0.4, 0.5) is 0 Å². The zero-order chi connectivity index (χ0) is 23.7. The zero-order valence-electron chi connectivity index (χ0n) is 19.3. The van der Waals surface area contributed by atoms with Gasteiger partial charge in [0.25, 0.3) is 5.91 Å². The second-order valence-corrected chi connectivity index (χ2v) is 9.34. The molecule has 1 fully saturated rings. The molecule has 34 heavy (non-hydrogen) atoms. The van der Waals surface area contributed by atoms with Crippen molar-refractivity contribution in [3.8, 4) is 0 Å². The molecule has 5 rings (SSSR count). The minimum absolute atomic E-state index is 0.0215. The average molecular weight is 454 g/mol. The Morgan fingerprint density at radius 3 is 2.53 bits per heavy atom. The van der Waals surface area contributed by atoms with E-state index in [0.717, 1.165) is 43.0 Å². The number of rotatable bonds is 6. The molecule has 0 bridgehead atoms. The maximum absolute atomic E-state index is 13.4. The van der Waals surface area contributed by atoms with Crippen LogP contribution in [0.2, 0.25) is 0 Å². The van der Waals surface area contributed by atoms with Crippen LogP contribution in [0.1, 0.15) is 47.3 Å². The molecule has 0 atom stereocenters. The number of nitrogens with zero attached hydrogens (tertiary/aromatic N) is 1. The van der Waals surface area contributed by atoms with E-state index in [0.29, 0.717) is 17.8 Å². The number of amides is 1. The molecule has 1 aromatic heterocycles. The van der Waals surface area contributed by atoms with Crippen molar-refractivity contribution in [3.05, 3.63) is 83.6 Å². The number of nitrogens with two attached hydrogens (primary N) is 2. The number of aromatic nitrogens is 1. The topological polar surface area (TPSA) is 110 Å². The first kappa shape index (κ1) is 22.2. The third-order valence-electron chi connectivity index (χ3n) is 7.04. The third-order valence-corrected chi connectivity index (χ3v) is 7.04. The molecule has 0 radical (unpaired) electrons. The minimum atomic E-state index is -0.0565. The smallest absolute Gasteiger partial charge is 0.268 e. The summed E-state index contributed by atoms with van der Waals surface area (Å²) in [7, 11) is 0. The summed E-state index contributed by atoms with van der Waals surface area (Å²) in [6.45, 7) is 0.650. The Hall–Kier alpha value is -3.64. The molecule has 6 N–H and O–H groups in total. The highest BCUT2D eigenvalue weighted by Crippen LogP contribution is 2.25. The van der Waals surface area contributed by atoms with Gasteiger partial charge in [-0.1, -0.05) is 54.6 Å². The summed E-state index contributed by atoms with van der Waals surface area (Å²) in [5.41, 5.74) is 15.3. The minimum Gasteiger partial charge on any atom is -0.384 e. The lowest BCUT2D eigenvalue weighted by atomic mass is 9.92. The van der Waals surface area contributed by atoms with Crippen molar-refractivity contribution in [1.82, 2.24) is 9.88 Å². The van der Waals surface area contributed by atoms with Crippen LogP contribution < -0.4 is 16.8 Å². The second kappa shape index (κ2) is 9.31. The number of nitrogen functional groups attached to an aromatic ring is 1. The fourth-order valence-corrected chi connectivity index (χ4v) is 5.12. The zero-order valence-corrected chi connectivity index (χ0v) is 19.3. The molecule has 3 aromatic carbocycles. The Labute approximate surface area is 199 Å². The van der Waals surface area contributed by atoms with E-state index >= 15 is 0 Å². The summed E-state index contributed by atoms with van der Waals surface area (Å²) in [5.74, 6) is -0.0350. The first-order chi connectivity index (χ1) is 16.5. The molecular weight excluding hydrogens is 422 g/mol. The van der Waals surface area contributed by atoms with Crippen molar-refractivity contribution < 1.29 is 4.79 Å². The molecule has 174 valence electrons. The molecule has 1 saturated carbocycles. The van der Waals surface area contributed by atoms with Gasteiger partial charge in [-0.15, -0.1) is 0 Å². The Bertz CT molecular complexity index is 1360. The molecule has 0 saturated heterocycles. The molecule has 4 aromatic rings. The van der Waals surface area contributed by atoms with Crippen LogP contribution in [0.25, 0.3) is 21.7 Å².